The van der Waals surface area contributed by atoms with E-state index >= 15 is 0 Å². The van der Waals surface area contributed by atoms with Crippen LogP contribution in [0, 0.1) is 0 Å². The first-order valence-corrected chi connectivity index (χ1v) is 4.57. The van der Waals surface area contributed by atoms with E-state index in [2.05, 4.69) is 6.92 Å². The lowest BCUT2D eigenvalue weighted by Crippen LogP contribution is -1.76. The molecule has 0 saturated carbocycles. The Morgan fingerprint density at radius 1 is 1.30 bits per heavy atom. The normalized spacial score (nSPS) is 12.1. The largest absolute Gasteiger partial charge is 0.0917 e. The van der Waals surface area contributed by atoms with Crippen molar-refractivity contribution in [3.8, 4) is 0 Å². The summed E-state index contributed by atoms with van der Waals surface area (Å²) in [5.41, 5.74) is 1.45. The third-order valence-corrected chi connectivity index (χ3v) is 2.06. The molecule has 2 heteroatoms. The highest BCUT2D eigenvalue weighted by Crippen LogP contribution is 2.13. The minimum atomic E-state index is 0.776. The quantitative estimate of drug-likeness (QED) is 0.555. The van der Waals surface area contributed by atoms with Crippen LogP contribution in [0.25, 0.3) is 0 Å². The Balaban J connectivity index is 3.04. The molecule has 10 heavy (non-hydrogen) atoms. The van der Waals surface area contributed by atoms with E-state index < -0.39 is 0 Å². The molecule has 0 rings (SSSR count). The first-order valence-electron chi connectivity index (χ1n) is 3.76. The van der Waals surface area contributed by atoms with Gasteiger partial charge in [-0.1, -0.05) is 49.4 Å². The highest BCUT2D eigenvalue weighted by Gasteiger charge is 1.91. The summed E-state index contributed by atoms with van der Waals surface area (Å²) < 4.78 is 0. The topological polar surface area (TPSA) is 0 Å². The van der Waals surface area contributed by atoms with Crippen LogP contribution in [0.1, 0.15) is 39.0 Å². The summed E-state index contributed by atoms with van der Waals surface area (Å²) in [7, 11) is 0. The molecule has 0 aromatic rings. The third kappa shape index (κ3) is 6.44. The lowest BCUT2D eigenvalue weighted by molar-refractivity contribution is 0.672. The fraction of sp³-hybridized carbons (Fsp3) is 0.750. The van der Waals surface area contributed by atoms with Crippen molar-refractivity contribution in [2.45, 2.75) is 39.0 Å². The smallest absolute Gasteiger partial charge is 0.0293 e. The Hall–Kier alpha value is 0.320. The van der Waals surface area contributed by atoms with Crippen molar-refractivity contribution in [3.63, 3.8) is 0 Å². The fourth-order valence-electron chi connectivity index (χ4n) is 0.775. The Morgan fingerprint density at radius 2 is 2.00 bits per heavy atom. The highest BCUT2D eigenvalue weighted by atomic mass is 35.5. The van der Waals surface area contributed by atoms with Gasteiger partial charge >= 0.3 is 0 Å². The molecule has 0 atom stereocenters. The zero-order valence-electron chi connectivity index (χ0n) is 6.37. The van der Waals surface area contributed by atoms with Gasteiger partial charge in [0.2, 0.25) is 0 Å². The minimum Gasteiger partial charge on any atom is -0.0917 e. The van der Waals surface area contributed by atoms with Gasteiger partial charge in [-0.25, -0.2) is 0 Å². The van der Waals surface area contributed by atoms with Gasteiger partial charge in [0.25, 0.3) is 0 Å². The molecule has 0 amide bonds. The Kier molecular flexibility index (Phi) is 7.66. The molecule has 0 aromatic heterocycles. The number of allylic oxidation sites excluding steroid dienone is 1. The molecule has 0 bridgehead atoms. The number of unbranched alkanes of at least 4 members (excludes halogenated alkanes) is 3. The van der Waals surface area contributed by atoms with Crippen molar-refractivity contribution in [3.05, 3.63) is 10.6 Å². The average Bonchev–Trinajstić information content (AvgIpc) is 1.98. The third-order valence-electron chi connectivity index (χ3n) is 1.39. The van der Waals surface area contributed by atoms with E-state index in [0.29, 0.717) is 0 Å². The van der Waals surface area contributed by atoms with E-state index in [4.69, 9.17) is 23.2 Å². The van der Waals surface area contributed by atoms with E-state index in [1.54, 1.807) is 0 Å². The van der Waals surface area contributed by atoms with Gasteiger partial charge in [-0.2, -0.15) is 0 Å². The van der Waals surface area contributed by atoms with Gasteiger partial charge < -0.3 is 0 Å². The second-order valence-electron chi connectivity index (χ2n) is 2.37. The molecule has 0 saturated heterocycles. The van der Waals surface area contributed by atoms with Crippen molar-refractivity contribution in [1.82, 2.24) is 0 Å². The molecule has 0 unspecified atom stereocenters. The molecule has 0 aliphatic heterocycles. The standard InChI is InChI=1S/C8H14Cl2/c1-2-3-4-5-6-8(10)7-9/h7H,2-6H2,1H3/b8-7-. The first kappa shape index (κ1) is 10.3. The van der Waals surface area contributed by atoms with Gasteiger partial charge in [0.15, 0.2) is 0 Å². The molecule has 0 nitrogen and oxygen atoms in total. The molecule has 0 aliphatic rings. The maximum Gasteiger partial charge on any atom is 0.0293 e. The van der Waals surface area contributed by atoms with Crippen LogP contribution in [-0.2, 0) is 0 Å². The summed E-state index contributed by atoms with van der Waals surface area (Å²) in [5.74, 6) is 0. The minimum absolute atomic E-state index is 0.776. The number of hydrogen-bond donors (Lipinski definition) is 0. The van der Waals surface area contributed by atoms with Crippen LogP contribution in [0.2, 0.25) is 0 Å². The zero-order valence-corrected chi connectivity index (χ0v) is 7.88. The number of halogens is 2. The zero-order chi connectivity index (χ0) is 7.82. The van der Waals surface area contributed by atoms with Gasteiger partial charge in [0.05, 0.1) is 0 Å². The van der Waals surface area contributed by atoms with Crippen LogP contribution in [0.3, 0.4) is 0 Å². The maximum absolute atomic E-state index is 5.67. The molecule has 0 fully saturated rings. The summed E-state index contributed by atoms with van der Waals surface area (Å²) in [4.78, 5) is 0. The van der Waals surface area contributed by atoms with Gasteiger partial charge in [0.1, 0.15) is 0 Å². The highest BCUT2D eigenvalue weighted by molar-refractivity contribution is 6.36. The Labute approximate surface area is 73.2 Å². The monoisotopic (exact) mass is 180 g/mol. The van der Waals surface area contributed by atoms with Gasteiger partial charge in [-0.3, -0.25) is 0 Å². The molecule has 0 aliphatic carbocycles. The number of rotatable bonds is 5. The molecule has 0 heterocycles. The van der Waals surface area contributed by atoms with Crippen molar-refractivity contribution in [2.24, 2.45) is 0 Å². The predicted octanol–water partition coefficient (Wildman–Crippen LogP) is 4.28. The van der Waals surface area contributed by atoms with Gasteiger partial charge in [-0.15, -0.1) is 0 Å². The summed E-state index contributed by atoms with van der Waals surface area (Å²) in [6.07, 6.45) is 5.92. The van der Waals surface area contributed by atoms with Crippen LogP contribution in [0.4, 0.5) is 0 Å². The van der Waals surface area contributed by atoms with Crippen LogP contribution in [0.5, 0.6) is 0 Å². The van der Waals surface area contributed by atoms with Gasteiger partial charge in [-0.05, 0) is 12.8 Å². The summed E-state index contributed by atoms with van der Waals surface area (Å²) in [5, 5.41) is 0.776. The van der Waals surface area contributed by atoms with E-state index in [1.165, 1.54) is 24.8 Å². The van der Waals surface area contributed by atoms with Gasteiger partial charge in [0, 0.05) is 10.6 Å². The van der Waals surface area contributed by atoms with Crippen LogP contribution in [-0.4, -0.2) is 0 Å². The molecular formula is C8H14Cl2. The van der Waals surface area contributed by atoms with Crippen molar-refractivity contribution < 1.29 is 0 Å². The summed E-state index contributed by atoms with van der Waals surface area (Å²) in [6, 6.07) is 0. The van der Waals surface area contributed by atoms with E-state index in [-0.39, 0.29) is 0 Å². The molecule has 0 radical (unpaired) electrons. The van der Waals surface area contributed by atoms with E-state index in [9.17, 15) is 0 Å². The number of hydrogen-bond acceptors (Lipinski definition) is 0. The lowest BCUT2D eigenvalue weighted by Gasteiger charge is -1.96. The lowest BCUT2D eigenvalue weighted by atomic mass is 10.1. The molecule has 0 N–H and O–H groups in total. The maximum atomic E-state index is 5.67. The van der Waals surface area contributed by atoms with Crippen LogP contribution >= 0.6 is 23.2 Å². The summed E-state index contributed by atoms with van der Waals surface area (Å²) >= 11 is 11.0. The predicted molar refractivity (Wildman–Crippen MR) is 48.5 cm³/mol. The average molecular weight is 181 g/mol. The fourth-order valence-corrected chi connectivity index (χ4v) is 1.02. The van der Waals surface area contributed by atoms with E-state index in [1.807, 2.05) is 0 Å². The molecule has 0 aromatic carbocycles. The molecule has 0 spiro atoms. The second-order valence-corrected chi connectivity index (χ2v) is 3.07. The molecule has 60 valence electrons. The first-order chi connectivity index (χ1) is 4.81. The van der Waals surface area contributed by atoms with Crippen LogP contribution < -0.4 is 0 Å². The van der Waals surface area contributed by atoms with E-state index in [0.717, 1.165) is 17.9 Å². The second kappa shape index (κ2) is 7.43. The Morgan fingerprint density at radius 3 is 2.50 bits per heavy atom. The van der Waals surface area contributed by atoms with Crippen molar-refractivity contribution in [1.29, 1.82) is 0 Å². The summed E-state index contributed by atoms with van der Waals surface area (Å²) in [6.45, 7) is 2.19. The van der Waals surface area contributed by atoms with Crippen molar-refractivity contribution >= 4 is 23.2 Å². The van der Waals surface area contributed by atoms with Crippen molar-refractivity contribution in [2.75, 3.05) is 0 Å². The SMILES string of the molecule is CCCCCC/C(Cl)=C/Cl. The molecular weight excluding hydrogens is 167 g/mol. The Bertz CT molecular complexity index is 97.4. The van der Waals surface area contributed by atoms with Crippen LogP contribution in [0.15, 0.2) is 10.6 Å².